The molecule has 0 aliphatic carbocycles. The predicted octanol–water partition coefficient (Wildman–Crippen LogP) is 2.58. The lowest BCUT2D eigenvalue weighted by Crippen LogP contribution is -2.31. The molecule has 116 valence electrons. The van der Waals surface area contributed by atoms with Gasteiger partial charge < -0.3 is 14.3 Å². The summed E-state index contributed by atoms with van der Waals surface area (Å²) in [6.45, 7) is 0.364. The molecule has 1 aromatic carbocycles. The normalized spacial score (nSPS) is 10.5. The van der Waals surface area contributed by atoms with Gasteiger partial charge in [-0.1, -0.05) is 24.3 Å². The Bertz CT molecular complexity index is 862. The lowest BCUT2D eigenvalue weighted by atomic mass is 10.1. The molecular weight excluding hydrogens is 292 g/mol. The molecule has 0 aliphatic rings. The van der Waals surface area contributed by atoms with Crippen LogP contribution >= 0.6 is 0 Å². The SMILES string of the molecule is Cn1cccc(C(=O)NCc2ccc(-c3ccoc3)cc2)c1=O. The summed E-state index contributed by atoms with van der Waals surface area (Å²) >= 11 is 0. The number of hydrogen-bond donors (Lipinski definition) is 1. The fourth-order valence-corrected chi connectivity index (χ4v) is 2.29. The molecule has 23 heavy (non-hydrogen) atoms. The van der Waals surface area contributed by atoms with Gasteiger partial charge in [-0.05, 0) is 29.3 Å². The van der Waals surface area contributed by atoms with Crippen LogP contribution in [0.2, 0.25) is 0 Å². The van der Waals surface area contributed by atoms with E-state index >= 15 is 0 Å². The van der Waals surface area contributed by atoms with Gasteiger partial charge in [-0.15, -0.1) is 0 Å². The number of carbonyl (C=O) groups is 1. The molecule has 0 saturated carbocycles. The number of pyridine rings is 1. The molecule has 1 amide bonds. The zero-order valence-corrected chi connectivity index (χ0v) is 12.7. The van der Waals surface area contributed by atoms with E-state index in [2.05, 4.69) is 5.32 Å². The second-order valence-corrected chi connectivity index (χ2v) is 5.23. The Labute approximate surface area is 133 Å². The molecule has 0 atom stereocenters. The van der Waals surface area contributed by atoms with E-state index in [0.29, 0.717) is 6.54 Å². The van der Waals surface area contributed by atoms with E-state index < -0.39 is 0 Å². The van der Waals surface area contributed by atoms with Gasteiger partial charge in [-0.3, -0.25) is 9.59 Å². The van der Waals surface area contributed by atoms with Crippen molar-refractivity contribution in [1.82, 2.24) is 9.88 Å². The average Bonchev–Trinajstić information content (AvgIpc) is 3.10. The molecule has 5 nitrogen and oxygen atoms in total. The molecule has 0 unspecified atom stereocenters. The highest BCUT2D eigenvalue weighted by molar-refractivity contribution is 5.93. The van der Waals surface area contributed by atoms with Crippen LogP contribution in [0.4, 0.5) is 0 Å². The zero-order chi connectivity index (χ0) is 16.2. The number of nitrogens with zero attached hydrogens (tertiary/aromatic N) is 1. The molecule has 2 heterocycles. The lowest BCUT2D eigenvalue weighted by Gasteiger charge is -2.07. The Morgan fingerprint density at radius 2 is 1.91 bits per heavy atom. The summed E-state index contributed by atoms with van der Waals surface area (Å²) < 4.78 is 6.44. The van der Waals surface area contributed by atoms with Crippen LogP contribution in [0.1, 0.15) is 15.9 Å². The van der Waals surface area contributed by atoms with Crippen LogP contribution in [0.3, 0.4) is 0 Å². The maximum Gasteiger partial charge on any atom is 0.263 e. The van der Waals surface area contributed by atoms with Crippen molar-refractivity contribution in [3.8, 4) is 11.1 Å². The number of furan rings is 1. The molecule has 0 saturated heterocycles. The van der Waals surface area contributed by atoms with Crippen LogP contribution in [0.5, 0.6) is 0 Å². The minimum atomic E-state index is -0.370. The highest BCUT2D eigenvalue weighted by atomic mass is 16.3. The maximum atomic E-state index is 12.1. The van der Waals surface area contributed by atoms with Crippen LogP contribution in [0, 0.1) is 0 Å². The van der Waals surface area contributed by atoms with Gasteiger partial charge in [0.1, 0.15) is 5.56 Å². The Balaban J connectivity index is 1.67. The summed E-state index contributed by atoms with van der Waals surface area (Å²) in [6, 6.07) is 12.9. The summed E-state index contributed by atoms with van der Waals surface area (Å²) in [5, 5.41) is 2.77. The number of benzene rings is 1. The van der Waals surface area contributed by atoms with Gasteiger partial charge in [0.05, 0.1) is 12.5 Å². The van der Waals surface area contributed by atoms with Gasteiger partial charge in [-0.25, -0.2) is 0 Å². The summed E-state index contributed by atoms with van der Waals surface area (Å²) in [5.41, 5.74) is 2.85. The number of aromatic nitrogens is 1. The van der Waals surface area contributed by atoms with Crippen LogP contribution in [0.25, 0.3) is 11.1 Å². The van der Waals surface area contributed by atoms with Crippen molar-refractivity contribution in [3.63, 3.8) is 0 Å². The van der Waals surface area contributed by atoms with E-state index in [1.807, 2.05) is 30.3 Å². The number of amides is 1. The van der Waals surface area contributed by atoms with Gasteiger partial charge in [0.25, 0.3) is 11.5 Å². The van der Waals surface area contributed by atoms with Crippen LogP contribution < -0.4 is 10.9 Å². The second-order valence-electron chi connectivity index (χ2n) is 5.23. The van der Waals surface area contributed by atoms with Crippen LogP contribution in [-0.2, 0) is 13.6 Å². The molecule has 2 aromatic heterocycles. The lowest BCUT2D eigenvalue weighted by molar-refractivity contribution is 0.0949. The minimum absolute atomic E-state index is 0.144. The van der Waals surface area contributed by atoms with E-state index in [1.165, 1.54) is 10.6 Å². The molecule has 0 spiro atoms. The first kappa shape index (κ1) is 14.8. The monoisotopic (exact) mass is 308 g/mol. The maximum absolute atomic E-state index is 12.1. The quantitative estimate of drug-likeness (QED) is 0.805. The molecular formula is C18H16N2O3. The summed E-state index contributed by atoms with van der Waals surface area (Å²) in [6.07, 6.45) is 4.93. The van der Waals surface area contributed by atoms with E-state index in [0.717, 1.165) is 16.7 Å². The largest absolute Gasteiger partial charge is 0.472 e. The van der Waals surface area contributed by atoms with Crippen molar-refractivity contribution in [2.24, 2.45) is 7.05 Å². The van der Waals surface area contributed by atoms with Gasteiger partial charge in [0, 0.05) is 25.4 Å². The average molecular weight is 308 g/mol. The number of carbonyl (C=O) groups excluding carboxylic acids is 1. The number of hydrogen-bond acceptors (Lipinski definition) is 3. The summed E-state index contributed by atoms with van der Waals surface area (Å²) in [5.74, 6) is -0.370. The Hall–Kier alpha value is -3.08. The van der Waals surface area contributed by atoms with Crippen molar-refractivity contribution >= 4 is 5.91 Å². The second kappa shape index (κ2) is 6.36. The van der Waals surface area contributed by atoms with Crippen molar-refractivity contribution in [1.29, 1.82) is 0 Å². The standard InChI is InChI=1S/C18H16N2O3/c1-20-9-2-3-16(18(20)22)17(21)19-11-13-4-6-14(7-5-13)15-8-10-23-12-15/h2-10,12H,11H2,1H3,(H,19,21). The Morgan fingerprint density at radius 3 is 2.61 bits per heavy atom. The molecule has 0 aliphatic heterocycles. The molecule has 3 rings (SSSR count). The zero-order valence-electron chi connectivity index (χ0n) is 12.7. The van der Waals surface area contributed by atoms with Crippen molar-refractivity contribution < 1.29 is 9.21 Å². The molecule has 3 aromatic rings. The van der Waals surface area contributed by atoms with Gasteiger partial charge in [0.2, 0.25) is 0 Å². The van der Waals surface area contributed by atoms with E-state index in [9.17, 15) is 9.59 Å². The predicted molar refractivity (Wildman–Crippen MR) is 87.0 cm³/mol. The van der Waals surface area contributed by atoms with Crippen molar-refractivity contribution in [2.45, 2.75) is 6.54 Å². The number of nitrogens with one attached hydrogen (secondary N) is 1. The Kier molecular flexibility index (Phi) is 4.10. The van der Waals surface area contributed by atoms with Crippen molar-refractivity contribution in [2.75, 3.05) is 0 Å². The molecule has 0 radical (unpaired) electrons. The highest BCUT2D eigenvalue weighted by Crippen LogP contribution is 2.19. The van der Waals surface area contributed by atoms with Gasteiger partial charge in [-0.2, -0.15) is 0 Å². The Morgan fingerprint density at radius 1 is 1.13 bits per heavy atom. The summed E-state index contributed by atoms with van der Waals surface area (Å²) in [4.78, 5) is 24.0. The molecule has 5 heteroatoms. The molecule has 0 fully saturated rings. The third-order valence-electron chi connectivity index (χ3n) is 3.63. The topological polar surface area (TPSA) is 64.2 Å². The van der Waals surface area contributed by atoms with Crippen LogP contribution in [0.15, 0.2) is 70.4 Å². The molecule has 1 N–H and O–H groups in total. The van der Waals surface area contributed by atoms with E-state index in [-0.39, 0.29) is 17.0 Å². The van der Waals surface area contributed by atoms with E-state index in [4.69, 9.17) is 4.42 Å². The number of rotatable bonds is 4. The van der Waals surface area contributed by atoms with Gasteiger partial charge >= 0.3 is 0 Å². The van der Waals surface area contributed by atoms with Crippen molar-refractivity contribution in [3.05, 3.63) is 82.7 Å². The fourth-order valence-electron chi connectivity index (χ4n) is 2.29. The first-order valence-corrected chi connectivity index (χ1v) is 7.20. The third-order valence-corrected chi connectivity index (χ3v) is 3.63. The van der Waals surface area contributed by atoms with E-state index in [1.54, 1.807) is 31.8 Å². The van der Waals surface area contributed by atoms with Gasteiger partial charge in [0.15, 0.2) is 0 Å². The summed E-state index contributed by atoms with van der Waals surface area (Å²) in [7, 11) is 1.62. The minimum Gasteiger partial charge on any atom is -0.472 e. The highest BCUT2D eigenvalue weighted by Gasteiger charge is 2.10. The smallest absolute Gasteiger partial charge is 0.263 e. The number of aryl methyl sites for hydroxylation is 1. The molecule has 0 bridgehead atoms. The fraction of sp³-hybridized carbons (Fsp3) is 0.111. The first-order chi connectivity index (χ1) is 11.1. The van der Waals surface area contributed by atoms with Crippen LogP contribution in [-0.4, -0.2) is 10.5 Å². The first-order valence-electron chi connectivity index (χ1n) is 7.20. The third kappa shape index (κ3) is 3.23.